The molecule has 0 unspecified atom stereocenters. The smallest absolute Gasteiger partial charge is 0.251 e. The van der Waals surface area contributed by atoms with Crippen LogP contribution < -0.4 is 5.56 Å². The number of pyridine rings is 1. The van der Waals surface area contributed by atoms with Crippen molar-refractivity contribution in [1.29, 1.82) is 0 Å². The maximum absolute atomic E-state index is 11.4. The summed E-state index contributed by atoms with van der Waals surface area (Å²) in [5.41, 5.74) is 2.28. The third-order valence-electron chi connectivity index (χ3n) is 2.75. The fourth-order valence-electron chi connectivity index (χ4n) is 1.94. The Bertz CT molecular complexity index is 777. The number of hydrogen-bond acceptors (Lipinski definition) is 3. The normalized spacial score (nSPS) is 10.7. The number of nitrogens with zero attached hydrogens (tertiary/aromatic N) is 2. The van der Waals surface area contributed by atoms with Crippen LogP contribution in [-0.2, 0) is 0 Å². The molecule has 2 aromatic heterocycles. The van der Waals surface area contributed by atoms with Gasteiger partial charge >= 0.3 is 0 Å². The fraction of sp³-hybridized carbons (Fsp3) is 0.0714. The summed E-state index contributed by atoms with van der Waals surface area (Å²) in [5, 5.41) is 1.04. The van der Waals surface area contributed by atoms with E-state index in [1.807, 2.05) is 30.3 Å². The molecule has 0 radical (unpaired) electrons. The van der Waals surface area contributed by atoms with Crippen molar-refractivity contribution in [2.45, 2.75) is 6.92 Å². The molecule has 1 aromatic carbocycles. The first-order valence-corrected chi connectivity index (χ1v) is 5.65. The number of H-pyrrole nitrogens is 1. The molecule has 4 nitrogen and oxygen atoms in total. The van der Waals surface area contributed by atoms with Crippen molar-refractivity contribution in [3.63, 3.8) is 0 Å². The van der Waals surface area contributed by atoms with Gasteiger partial charge in [0.25, 0.3) is 5.56 Å². The van der Waals surface area contributed by atoms with E-state index >= 15 is 0 Å². The third-order valence-corrected chi connectivity index (χ3v) is 2.75. The maximum Gasteiger partial charge on any atom is 0.251 e. The van der Waals surface area contributed by atoms with Crippen molar-refractivity contribution in [3.05, 3.63) is 58.8 Å². The molecule has 4 heteroatoms. The molecule has 0 amide bonds. The van der Waals surface area contributed by atoms with E-state index in [0.717, 1.165) is 16.5 Å². The highest BCUT2D eigenvalue weighted by atomic mass is 16.1. The van der Waals surface area contributed by atoms with E-state index in [2.05, 4.69) is 15.0 Å². The monoisotopic (exact) mass is 237 g/mol. The third kappa shape index (κ3) is 1.88. The SMILES string of the molecule is Cc1nc(-c2cnc3ccccc3c2)cc(=O)[nH]1. The van der Waals surface area contributed by atoms with E-state index in [-0.39, 0.29) is 5.56 Å². The lowest BCUT2D eigenvalue weighted by atomic mass is 10.1. The first-order chi connectivity index (χ1) is 8.72. The molecule has 88 valence electrons. The van der Waals surface area contributed by atoms with Gasteiger partial charge in [0, 0.05) is 23.2 Å². The molecule has 0 saturated carbocycles. The van der Waals surface area contributed by atoms with Gasteiger partial charge in [-0.05, 0) is 19.1 Å². The van der Waals surface area contributed by atoms with E-state index in [4.69, 9.17) is 0 Å². The van der Waals surface area contributed by atoms with Crippen molar-refractivity contribution in [3.8, 4) is 11.3 Å². The van der Waals surface area contributed by atoms with Gasteiger partial charge in [0.1, 0.15) is 5.82 Å². The van der Waals surface area contributed by atoms with Crippen molar-refractivity contribution < 1.29 is 0 Å². The average Bonchev–Trinajstić information content (AvgIpc) is 2.37. The van der Waals surface area contributed by atoms with Gasteiger partial charge in [-0.25, -0.2) is 4.98 Å². The number of fused-ring (bicyclic) bond motifs is 1. The summed E-state index contributed by atoms with van der Waals surface area (Å²) in [6.45, 7) is 1.76. The van der Waals surface area contributed by atoms with Crippen LogP contribution in [0.2, 0.25) is 0 Å². The summed E-state index contributed by atoms with van der Waals surface area (Å²) in [6, 6.07) is 11.3. The second-order valence-corrected chi connectivity index (χ2v) is 4.13. The van der Waals surface area contributed by atoms with E-state index < -0.39 is 0 Å². The molecule has 2 heterocycles. The van der Waals surface area contributed by atoms with E-state index in [9.17, 15) is 4.79 Å². The molecule has 0 aliphatic rings. The Labute approximate surface area is 103 Å². The number of aromatic nitrogens is 3. The summed E-state index contributed by atoms with van der Waals surface area (Å²) in [6.07, 6.45) is 1.74. The number of hydrogen-bond donors (Lipinski definition) is 1. The highest BCUT2D eigenvalue weighted by Gasteiger charge is 2.03. The molecule has 3 aromatic rings. The average molecular weight is 237 g/mol. The largest absolute Gasteiger partial charge is 0.311 e. The number of para-hydroxylation sites is 1. The van der Waals surface area contributed by atoms with E-state index in [0.29, 0.717) is 11.5 Å². The highest BCUT2D eigenvalue weighted by molar-refractivity contribution is 5.82. The molecule has 0 saturated heterocycles. The van der Waals surface area contributed by atoms with Crippen molar-refractivity contribution in [1.82, 2.24) is 15.0 Å². The number of aromatic amines is 1. The summed E-state index contributed by atoms with van der Waals surface area (Å²) in [4.78, 5) is 22.7. The van der Waals surface area contributed by atoms with Gasteiger partial charge in [-0.2, -0.15) is 0 Å². The second kappa shape index (κ2) is 4.07. The highest BCUT2D eigenvalue weighted by Crippen LogP contribution is 2.19. The Kier molecular flexibility index (Phi) is 2.41. The van der Waals surface area contributed by atoms with Gasteiger partial charge in [-0.1, -0.05) is 18.2 Å². The lowest BCUT2D eigenvalue weighted by molar-refractivity contribution is 1.02. The Morgan fingerprint density at radius 1 is 1.17 bits per heavy atom. The zero-order valence-corrected chi connectivity index (χ0v) is 9.84. The number of aryl methyl sites for hydroxylation is 1. The molecule has 0 atom stereocenters. The molecule has 0 bridgehead atoms. The van der Waals surface area contributed by atoms with Crippen LogP contribution in [0.4, 0.5) is 0 Å². The quantitative estimate of drug-likeness (QED) is 0.706. The molecule has 0 spiro atoms. The van der Waals surface area contributed by atoms with Gasteiger partial charge in [0.05, 0.1) is 11.2 Å². The molecule has 1 N–H and O–H groups in total. The van der Waals surface area contributed by atoms with Crippen molar-refractivity contribution in [2.75, 3.05) is 0 Å². The second-order valence-electron chi connectivity index (χ2n) is 4.13. The Morgan fingerprint density at radius 3 is 2.83 bits per heavy atom. The van der Waals surface area contributed by atoms with Crippen molar-refractivity contribution >= 4 is 10.9 Å². The molecule has 18 heavy (non-hydrogen) atoms. The van der Waals surface area contributed by atoms with Gasteiger partial charge < -0.3 is 4.98 Å². The summed E-state index contributed by atoms with van der Waals surface area (Å²) >= 11 is 0. The zero-order chi connectivity index (χ0) is 12.5. The van der Waals surface area contributed by atoms with Crippen LogP contribution in [-0.4, -0.2) is 15.0 Å². The molecular formula is C14H11N3O. The number of nitrogens with one attached hydrogen (secondary N) is 1. The topological polar surface area (TPSA) is 58.6 Å². The predicted molar refractivity (Wildman–Crippen MR) is 70.3 cm³/mol. The fourth-order valence-corrected chi connectivity index (χ4v) is 1.94. The van der Waals surface area contributed by atoms with Crippen LogP contribution in [0.15, 0.2) is 47.4 Å². The zero-order valence-electron chi connectivity index (χ0n) is 9.84. The van der Waals surface area contributed by atoms with Crippen LogP contribution in [0.1, 0.15) is 5.82 Å². The minimum atomic E-state index is -0.148. The van der Waals surface area contributed by atoms with Crippen LogP contribution in [0.3, 0.4) is 0 Å². The van der Waals surface area contributed by atoms with Crippen LogP contribution in [0, 0.1) is 6.92 Å². The minimum Gasteiger partial charge on any atom is -0.311 e. The lowest BCUT2D eigenvalue weighted by Crippen LogP contribution is -2.08. The van der Waals surface area contributed by atoms with Gasteiger partial charge in [0.2, 0.25) is 0 Å². The first kappa shape index (κ1) is 10.7. The van der Waals surface area contributed by atoms with Gasteiger partial charge in [0.15, 0.2) is 0 Å². The summed E-state index contributed by atoms with van der Waals surface area (Å²) in [7, 11) is 0. The molecule has 3 rings (SSSR count). The van der Waals surface area contributed by atoms with Crippen molar-refractivity contribution in [2.24, 2.45) is 0 Å². The van der Waals surface area contributed by atoms with Gasteiger partial charge in [-0.15, -0.1) is 0 Å². The van der Waals surface area contributed by atoms with Crippen LogP contribution in [0.5, 0.6) is 0 Å². The Balaban J connectivity index is 2.22. The van der Waals surface area contributed by atoms with E-state index in [1.165, 1.54) is 6.07 Å². The first-order valence-electron chi connectivity index (χ1n) is 5.65. The Hall–Kier alpha value is -2.49. The summed E-state index contributed by atoms with van der Waals surface area (Å²) < 4.78 is 0. The molecule has 0 aliphatic heterocycles. The van der Waals surface area contributed by atoms with Gasteiger partial charge in [-0.3, -0.25) is 9.78 Å². The molecular weight excluding hydrogens is 226 g/mol. The lowest BCUT2D eigenvalue weighted by Gasteiger charge is -2.03. The summed E-state index contributed by atoms with van der Waals surface area (Å²) in [5.74, 6) is 0.602. The van der Waals surface area contributed by atoms with E-state index in [1.54, 1.807) is 13.1 Å². The number of rotatable bonds is 1. The predicted octanol–water partition coefficient (Wildman–Crippen LogP) is 2.29. The van der Waals surface area contributed by atoms with Crippen LogP contribution in [0.25, 0.3) is 22.2 Å². The molecule has 0 fully saturated rings. The minimum absolute atomic E-state index is 0.148. The Morgan fingerprint density at radius 2 is 2.00 bits per heavy atom. The maximum atomic E-state index is 11.4. The number of benzene rings is 1. The van der Waals surface area contributed by atoms with Crippen LogP contribution >= 0.6 is 0 Å². The standard InChI is InChI=1S/C14H11N3O/c1-9-16-13(7-14(18)17-9)11-6-10-4-2-3-5-12(10)15-8-11/h2-8H,1H3,(H,16,17,18). The molecule has 0 aliphatic carbocycles.